The first-order valence-electron chi connectivity index (χ1n) is 17.0. The zero-order valence-electron chi connectivity index (χ0n) is 29.5. The van der Waals surface area contributed by atoms with Crippen LogP contribution in [0.4, 0.5) is 4.79 Å². The van der Waals surface area contributed by atoms with Crippen LogP contribution < -0.4 is 15.4 Å². The highest BCUT2D eigenvalue weighted by Gasteiger charge is 2.68. The van der Waals surface area contributed by atoms with Gasteiger partial charge in [0.15, 0.2) is 6.61 Å². The first kappa shape index (κ1) is 37.4. The summed E-state index contributed by atoms with van der Waals surface area (Å²) >= 11 is 0. The summed E-state index contributed by atoms with van der Waals surface area (Å²) in [5, 5.41) is 26.4. The number of aliphatic hydroxyl groups excluding tert-OH is 2. The highest BCUT2D eigenvalue weighted by Crippen LogP contribution is 2.68. The lowest BCUT2D eigenvalue weighted by Gasteiger charge is -2.61. The Morgan fingerprint density at radius 1 is 1.17 bits per heavy atom. The molecule has 3 aliphatic rings. The summed E-state index contributed by atoms with van der Waals surface area (Å²) in [5.74, 6) is -0.924. The van der Waals surface area contributed by atoms with Gasteiger partial charge in [-0.1, -0.05) is 45.9 Å². The van der Waals surface area contributed by atoms with Crippen LogP contribution >= 0.6 is 0 Å². The molecule has 3 aliphatic carbocycles. The molecule has 0 saturated heterocycles. The summed E-state index contributed by atoms with van der Waals surface area (Å²) in [4.78, 5) is 51.7. The van der Waals surface area contributed by atoms with Crippen LogP contribution in [-0.4, -0.2) is 71.0 Å². The van der Waals surface area contributed by atoms with E-state index in [1.165, 1.54) is 0 Å². The lowest BCUT2D eigenvalue weighted by molar-refractivity contribution is -0.207. The smallest absolute Gasteiger partial charge is 0.408 e. The van der Waals surface area contributed by atoms with E-state index < -0.39 is 59.3 Å². The van der Waals surface area contributed by atoms with E-state index in [0.29, 0.717) is 24.2 Å². The van der Waals surface area contributed by atoms with Crippen molar-refractivity contribution in [3.8, 4) is 5.75 Å². The van der Waals surface area contributed by atoms with E-state index in [1.807, 2.05) is 6.92 Å². The number of aliphatic hydroxyl groups is 2. The Morgan fingerprint density at radius 2 is 1.88 bits per heavy atom. The third-order valence-corrected chi connectivity index (χ3v) is 11.5. The summed E-state index contributed by atoms with van der Waals surface area (Å²) in [7, 11) is 0. The average molecular weight is 671 g/mol. The van der Waals surface area contributed by atoms with Gasteiger partial charge in [-0.25, -0.2) is 9.59 Å². The van der Waals surface area contributed by atoms with Crippen LogP contribution in [0.3, 0.4) is 0 Å². The molecular formula is C37H54N2O9. The summed E-state index contributed by atoms with van der Waals surface area (Å²) in [6, 6.07) is 5.62. The number of alkyl carbamates (subject to hydrolysis) is 1. The average Bonchev–Trinajstić information content (AvgIpc) is 3.39. The lowest BCUT2D eigenvalue weighted by atomic mass is 9.44. The highest BCUT2D eigenvalue weighted by atomic mass is 16.6. The van der Waals surface area contributed by atoms with Crippen LogP contribution in [0.25, 0.3) is 0 Å². The number of rotatable bonds is 10. The number of hydrogen-bond acceptors (Lipinski definition) is 9. The monoisotopic (exact) mass is 670 g/mol. The maximum atomic E-state index is 13.6. The van der Waals surface area contributed by atoms with Gasteiger partial charge in [-0.15, -0.1) is 6.58 Å². The maximum Gasteiger partial charge on any atom is 0.408 e. The second-order valence-electron chi connectivity index (χ2n) is 15.6. The first-order valence-corrected chi connectivity index (χ1v) is 17.0. The molecule has 4 rings (SSSR count). The van der Waals surface area contributed by atoms with Gasteiger partial charge in [-0.05, 0) is 81.4 Å². The fraction of sp³-hybridized carbons (Fsp3) is 0.676. The molecule has 1 aromatic rings. The van der Waals surface area contributed by atoms with E-state index >= 15 is 0 Å². The SMILES string of the molecule is C=C[C@]1(C)C[C@@H](OC(=O)COc2cccc(CNC(=O)[C@@H](CO)NC(=O)OC(C)(C)C)c2)[C@]2(C)C(C)CCC3(CCC(=O)C32)[C@@H](C)[C@@H]1O. The minimum atomic E-state index is -1.20. The molecule has 3 fully saturated rings. The zero-order valence-corrected chi connectivity index (χ0v) is 29.5. The topological polar surface area (TPSA) is 160 Å². The lowest BCUT2D eigenvalue weighted by Crippen LogP contribution is -2.63. The number of esters is 1. The van der Waals surface area contributed by atoms with Crippen molar-refractivity contribution in [2.45, 2.75) is 111 Å². The van der Waals surface area contributed by atoms with Crippen LogP contribution in [-0.2, 0) is 30.4 Å². The Balaban J connectivity index is 1.43. The summed E-state index contributed by atoms with van der Waals surface area (Å²) in [5.41, 5.74) is -1.81. The van der Waals surface area contributed by atoms with E-state index in [-0.39, 0.29) is 42.1 Å². The number of amides is 2. The van der Waals surface area contributed by atoms with Gasteiger partial charge in [0.2, 0.25) is 5.91 Å². The number of ketones is 1. The minimum Gasteiger partial charge on any atom is -0.482 e. The molecule has 9 atom stereocenters. The number of nitrogens with one attached hydrogen (secondary N) is 2. The largest absolute Gasteiger partial charge is 0.482 e. The van der Waals surface area contributed by atoms with Crippen LogP contribution in [0.2, 0.25) is 0 Å². The van der Waals surface area contributed by atoms with Crippen LogP contribution in [0, 0.1) is 34.0 Å². The van der Waals surface area contributed by atoms with E-state index in [0.717, 1.165) is 19.3 Å². The molecule has 0 spiro atoms. The molecule has 2 amide bonds. The Bertz CT molecular complexity index is 1390. The molecule has 11 nitrogen and oxygen atoms in total. The number of benzene rings is 1. The molecule has 0 radical (unpaired) electrons. The molecular weight excluding hydrogens is 616 g/mol. The number of Topliss-reactive ketones (excluding diaryl/α,β-unsaturated/α-hetero) is 1. The molecule has 1 aromatic carbocycles. The summed E-state index contributed by atoms with van der Waals surface area (Å²) < 4.78 is 17.2. The number of carbonyl (C=O) groups excluding carboxylic acids is 4. The molecule has 11 heteroatoms. The molecule has 2 bridgehead atoms. The Morgan fingerprint density at radius 3 is 2.52 bits per heavy atom. The van der Waals surface area contributed by atoms with Gasteiger partial charge in [0, 0.05) is 29.7 Å². The normalized spacial score (nSPS) is 33.7. The zero-order chi connectivity index (χ0) is 35.7. The molecule has 0 heterocycles. The van der Waals surface area contributed by atoms with E-state index in [9.17, 15) is 29.4 Å². The molecule has 4 N–H and O–H groups in total. The second kappa shape index (κ2) is 14.2. The van der Waals surface area contributed by atoms with Gasteiger partial charge in [0.05, 0.1) is 12.7 Å². The fourth-order valence-electron chi connectivity index (χ4n) is 8.54. The van der Waals surface area contributed by atoms with Crippen molar-refractivity contribution in [2.24, 2.45) is 34.0 Å². The van der Waals surface area contributed by atoms with Crippen LogP contribution in [0.5, 0.6) is 5.75 Å². The summed E-state index contributed by atoms with van der Waals surface area (Å²) in [6.45, 7) is 16.5. The number of ether oxygens (including phenoxy) is 3. The van der Waals surface area contributed by atoms with Crippen LogP contribution in [0.15, 0.2) is 36.9 Å². The molecule has 266 valence electrons. The predicted octanol–water partition coefficient (Wildman–Crippen LogP) is 4.47. The third kappa shape index (κ3) is 7.42. The fourth-order valence-corrected chi connectivity index (χ4v) is 8.54. The maximum absolute atomic E-state index is 13.6. The van der Waals surface area contributed by atoms with Crippen molar-refractivity contribution in [3.63, 3.8) is 0 Å². The van der Waals surface area contributed by atoms with Crippen molar-refractivity contribution in [1.82, 2.24) is 10.6 Å². The minimum absolute atomic E-state index is 0.0728. The van der Waals surface area contributed by atoms with E-state index in [2.05, 4.69) is 38.0 Å². The molecule has 0 aliphatic heterocycles. The van der Waals surface area contributed by atoms with E-state index in [1.54, 1.807) is 51.1 Å². The Hall–Kier alpha value is -3.44. The molecule has 48 heavy (non-hydrogen) atoms. The van der Waals surface area contributed by atoms with E-state index in [4.69, 9.17) is 14.2 Å². The van der Waals surface area contributed by atoms with Crippen molar-refractivity contribution in [1.29, 1.82) is 0 Å². The highest BCUT2D eigenvalue weighted by molar-refractivity contribution is 5.86. The molecule has 0 aromatic heterocycles. The second-order valence-corrected chi connectivity index (χ2v) is 15.6. The number of hydrogen-bond donors (Lipinski definition) is 4. The Labute approximate surface area is 284 Å². The van der Waals surface area contributed by atoms with Gasteiger partial charge in [0.1, 0.15) is 29.3 Å². The quantitative estimate of drug-likeness (QED) is 0.208. The van der Waals surface area contributed by atoms with Crippen molar-refractivity contribution < 1.29 is 43.6 Å². The standard InChI is InChI=1S/C37H54N2O9/c1-9-35(7)18-28(36(8)22(2)13-15-37(23(3)31(35)43)16-14-27(41)30(36)37)47-29(42)21-46-25-12-10-11-24(17-25)19-38-32(44)26(20-40)39-33(45)48-34(4,5)6/h9-12,17,22-23,26,28,30-31,40,43H,1,13-16,18-21H2,2-8H3,(H,38,44)(H,39,45)/t22?,23-,26+,28+,30?,31-,35+,36-,37?/m0/s1. The molecule has 3 saturated carbocycles. The van der Waals surface area contributed by atoms with Crippen molar-refractivity contribution >= 4 is 23.8 Å². The van der Waals surface area contributed by atoms with Gasteiger partial charge in [-0.2, -0.15) is 0 Å². The van der Waals surface area contributed by atoms with Crippen molar-refractivity contribution in [2.75, 3.05) is 13.2 Å². The first-order chi connectivity index (χ1) is 22.4. The predicted molar refractivity (Wildman–Crippen MR) is 179 cm³/mol. The Kier molecular flexibility index (Phi) is 11.1. The van der Waals surface area contributed by atoms with Crippen LogP contribution in [0.1, 0.15) is 86.1 Å². The third-order valence-electron chi connectivity index (χ3n) is 11.5. The van der Waals surface area contributed by atoms with Gasteiger partial charge in [0.25, 0.3) is 0 Å². The van der Waals surface area contributed by atoms with Gasteiger partial charge in [-0.3, -0.25) is 9.59 Å². The molecule has 3 unspecified atom stereocenters. The van der Waals surface area contributed by atoms with Gasteiger partial charge < -0.3 is 35.1 Å². The number of carbonyl (C=O) groups is 4. The van der Waals surface area contributed by atoms with Crippen molar-refractivity contribution in [3.05, 3.63) is 42.5 Å². The van der Waals surface area contributed by atoms with Gasteiger partial charge >= 0.3 is 12.1 Å². The summed E-state index contributed by atoms with van der Waals surface area (Å²) in [6.07, 6.45) is 2.82.